The van der Waals surface area contributed by atoms with Crippen molar-refractivity contribution in [2.75, 3.05) is 14.2 Å². The molecule has 0 N–H and O–H groups in total. The molecule has 0 aliphatic carbocycles. The van der Waals surface area contributed by atoms with Gasteiger partial charge in [-0.1, -0.05) is 6.07 Å². The van der Waals surface area contributed by atoms with E-state index in [1.54, 1.807) is 6.07 Å². The van der Waals surface area contributed by atoms with Crippen LogP contribution in [0.2, 0.25) is 0 Å². The maximum atomic E-state index is 12.5. The molecule has 0 atom stereocenters. The van der Waals surface area contributed by atoms with Crippen molar-refractivity contribution >= 4 is 10.2 Å². The number of rotatable bonds is 4. The normalized spacial score (nSPS) is 11.1. The minimum Gasteiger partial charge on any atom is -0.497 e. The van der Waals surface area contributed by atoms with E-state index < -0.39 is 16.0 Å². The first-order valence-corrected chi connectivity index (χ1v) is 5.65. The first-order valence-electron chi connectivity index (χ1n) is 4.09. The molecule has 0 saturated carbocycles. The predicted octanol–water partition coefficient (Wildman–Crippen LogP) is 1.50. The van der Waals surface area contributed by atoms with E-state index in [9.17, 15) is 12.3 Å². The second kappa shape index (κ2) is 4.48. The van der Waals surface area contributed by atoms with Gasteiger partial charge in [0.2, 0.25) is 0 Å². The molecule has 1 aromatic rings. The standard InChI is InChI=1S/C9H11FO4S/c1-13-8-4-3-7(6-15(10,11)12)9(5-8)14-2/h3-5H,6H2,1-2H3. The SMILES string of the molecule is COc1ccc(CS(=O)(=O)F)c(OC)c1. The summed E-state index contributed by atoms with van der Waals surface area (Å²) in [6.45, 7) is 0. The molecule has 0 heterocycles. The average Bonchev–Trinajstić information content (AvgIpc) is 2.16. The van der Waals surface area contributed by atoms with Gasteiger partial charge in [-0.3, -0.25) is 0 Å². The smallest absolute Gasteiger partial charge is 0.306 e. The Kier molecular flexibility index (Phi) is 3.52. The highest BCUT2D eigenvalue weighted by Gasteiger charge is 2.13. The zero-order chi connectivity index (χ0) is 11.5. The summed E-state index contributed by atoms with van der Waals surface area (Å²) in [4.78, 5) is 0. The van der Waals surface area contributed by atoms with E-state index in [1.807, 2.05) is 0 Å². The van der Waals surface area contributed by atoms with Crippen LogP contribution < -0.4 is 9.47 Å². The average molecular weight is 234 g/mol. The van der Waals surface area contributed by atoms with E-state index in [-0.39, 0.29) is 11.3 Å². The van der Waals surface area contributed by atoms with Crippen LogP contribution in [0.25, 0.3) is 0 Å². The van der Waals surface area contributed by atoms with E-state index in [0.717, 1.165) is 0 Å². The van der Waals surface area contributed by atoms with E-state index in [2.05, 4.69) is 0 Å². The fourth-order valence-corrected chi connectivity index (χ4v) is 1.77. The van der Waals surface area contributed by atoms with Gasteiger partial charge in [0, 0.05) is 11.6 Å². The molecule has 84 valence electrons. The Bertz CT molecular complexity index is 441. The lowest BCUT2D eigenvalue weighted by Gasteiger charge is -2.08. The molecule has 6 heteroatoms. The molecule has 0 aliphatic heterocycles. The molecule has 0 unspecified atom stereocenters. The van der Waals surface area contributed by atoms with Crippen LogP contribution in [0.1, 0.15) is 5.56 Å². The van der Waals surface area contributed by atoms with Crippen molar-refractivity contribution in [1.29, 1.82) is 0 Å². The zero-order valence-electron chi connectivity index (χ0n) is 8.36. The lowest BCUT2D eigenvalue weighted by Crippen LogP contribution is -1.99. The van der Waals surface area contributed by atoms with Crippen LogP contribution in [0.4, 0.5) is 3.89 Å². The molecule has 0 saturated heterocycles. The quantitative estimate of drug-likeness (QED) is 0.741. The van der Waals surface area contributed by atoms with Crippen LogP contribution in [0, 0.1) is 0 Å². The van der Waals surface area contributed by atoms with E-state index in [0.29, 0.717) is 5.75 Å². The second-order valence-corrected chi connectivity index (χ2v) is 4.23. The van der Waals surface area contributed by atoms with Crippen molar-refractivity contribution in [3.63, 3.8) is 0 Å². The van der Waals surface area contributed by atoms with Crippen LogP contribution in [0.5, 0.6) is 11.5 Å². The Balaban J connectivity index is 3.08. The molecule has 0 aliphatic rings. The molecule has 15 heavy (non-hydrogen) atoms. The van der Waals surface area contributed by atoms with Gasteiger partial charge in [-0.25, -0.2) is 0 Å². The summed E-state index contributed by atoms with van der Waals surface area (Å²) in [6.07, 6.45) is 0. The van der Waals surface area contributed by atoms with Gasteiger partial charge in [0.25, 0.3) is 0 Å². The Morgan fingerprint density at radius 3 is 2.40 bits per heavy atom. The second-order valence-electron chi connectivity index (χ2n) is 2.86. The summed E-state index contributed by atoms with van der Waals surface area (Å²) in [5.41, 5.74) is 0.265. The summed E-state index contributed by atoms with van der Waals surface area (Å²) >= 11 is 0. The Hall–Kier alpha value is -1.30. The summed E-state index contributed by atoms with van der Waals surface area (Å²) in [5.74, 6) is 0.114. The van der Waals surface area contributed by atoms with Gasteiger partial charge in [0.15, 0.2) is 0 Å². The maximum absolute atomic E-state index is 12.5. The monoisotopic (exact) mass is 234 g/mol. The Labute approximate surface area is 87.8 Å². The van der Waals surface area contributed by atoms with Crippen LogP contribution in [0.3, 0.4) is 0 Å². The molecule has 0 aromatic heterocycles. The lowest BCUT2D eigenvalue weighted by molar-refractivity contribution is 0.391. The number of halogens is 1. The Morgan fingerprint density at radius 1 is 1.27 bits per heavy atom. The Morgan fingerprint density at radius 2 is 1.93 bits per heavy atom. The highest BCUT2D eigenvalue weighted by Crippen LogP contribution is 2.26. The summed E-state index contributed by atoms with van der Waals surface area (Å²) in [7, 11) is -1.70. The number of benzene rings is 1. The first-order chi connectivity index (χ1) is 6.96. The largest absolute Gasteiger partial charge is 0.497 e. The summed E-state index contributed by atoms with van der Waals surface area (Å²) < 4.78 is 43.2. The molecule has 1 aromatic carbocycles. The van der Waals surface area contributed by atoms with E-state index >= 15 is 0 Å². The zero-order valence-corrected chi connectivity index (χ0v) is 9.17. The third-order valence-corrected chi connectivity index (χ3v) is 2.48. The van der Waals surface area contributed by atoms with Gasteiger partial charge in [0.1, 0.15) is 17.3 Å². The van der Waals surface area contributed by atoms with Crippen molar-refractivity contribution < 1.29 is 21.8 Å². The number of ether oxygens (including phenoxy) is 2. The van der Waals surface area contributed by atoms with Crippen LogP contribution >= 0.6 is 0 Å². The highest BCUT2D eigenvalue weighted by molar-refractivity contribution is 7.85. The molecule has 4 nitrogen and oxygen atoms in total. The van der Waals surface area contributed by atoms with Crippen molar-refractivity contribution in [2.45, 2.75) is 5.75 Å². The molecule has 0 spiro atoms. The van der Waals surface area contributed by atoms with Gasteiger partial charge in [0.05, 0.1) is 14.2 Å². The molecule has 1 rings (SSSR count). The number of hydrogen-bond donors (Lipinski definition) is 0. The predicted molar refractivity (Wildman–Crippen MR) is 53.3 cm³/mol. The van der Waals surface area contributed by atoms with Gasteiger partial charge >= 0.3 is 10.2 Å². The number of hydrogen-bond acceptors (Lipinski definition) is 4. The van der Waals surface area contributed by atoms with Crippen molar-refractivity contribution in [1.82, 2.24) is 0 Å². The van der Waals surface area contributed by atoms with Gasteiger partial charge in [-0.05, 0) is 6.07 Å². The molecular formula is C9H11FO4S. The minimum absolute atomic E-state index is 0.265. The number of methoxy groups -OCH3 is 2. The van der Waals surface area contributed by atoms with Crippen molar-refractivity contribution in [3.8, 4) is 11.5 Å². The lowest BCUT2D eigenvalue weighted by atomic mass is 10.2. The fourth-order valence-electron chi connectivity index (χ4n) is 1.16. The topological polar surface area (TPSA) is 52.6 Å². The van der Waals surface area contributed by atoms with Crippen LogP contribution in [-0.4, -0.2) is 22.6 Å². The van der Waals surface area contributed by atoms with Gasteiger partial charge in [-0.2, -0.15) is 8.42 Å². The fraction of sp³-hybridized carbons (Fsp3) is 0.333. The summed E-state index contributed by atoms with van der Waals surface area (Å²) in [6, 6.07) is 4.50. The highest BCUT2D eigenvalue weighted by atomic mass is 32.3. The van der Waals surface area contributed by atoms with Crippen molar-refractivity contribution in [2.24, 2.45) is 0 Å². The molecule has 0 amide bonds. The van der Waals surface area contributed by atoms with Gasteiger partial charge < -0.3 is 9.47 Å². The third kappa shape index (κ3) is 3.39. The summed E-state index contributed by atoms with van der Waals surface area (Å²) in [5, 5.41) is 0. The first kappa shape index (κ1) is 11.8. The molecule has 0 fully saturated rings. The van der Waals surface area contributed by atoms with Crippen LogP contribution in [-0.2, 0) is 16.0 Å². The van der Waals surface area contributed by atoms with Crippen LogP contribution in [0.15, 0.2) is 18.2 Å². The third-order valence-electron chi connectivity index (χ3n) is 1.82. The maximum Gasteiger partial charge on any atom is 0.306 e. The van der Waals surface area contributed by atoms with Gasteiger partial charge in [-0.15, -0.1) is 3.89 Å². The van der Waals surface area contributed by atoms with E-state index in [1.165, 1.54) is 26.4 Å². The molecular weight excluding hydrogens is 223 g/mol. The molecule has 0 bridgehead atoms. The molecule has 0 radical (unpaired) electrons. The van der Waals surface area contributed by atoms with Crippen molar-refractivity contribution in [3.05, 3.63) is 23.8 Å². The minimum atomic E-state index is -4.55. The van der Waals surface area contributed by atoms with E-state index in [4.69, 9.17) is 9.47 Å².